The van der Waals surface area contributed by atoms with Gasteiger partial charge in [0.05, 0.1) is 0 Å². The summed E-state index contributed by atoms with van der Waals surface area (Å²) in [6.07, 6.45) is 0. The fourth-order valence-corrected chi connectivity index (χ4v) is 0. The number of hydrogen-bond acceptors (Lipinski definition) is 2. The predicted octanol–water partition coefficient (Wildman–Crippen LogP) is -1.30. The van der Waals surface area contributed by atoms with Crippen molar-refractivity contribution in [1.29, 1.82) is 0 Å². The standard InChI is InChI=1S/Li.Ni.H2O4S.H/c;;1-5(2,3)4;/h;;(H2,1,2,3,4);. The summed E-state index contributed by atoms with van der Waals surface area (Å²) in [4.78, 5) is 0. The Balaban J connectivity index is -0.0000000800. The van der Waals surface area contributed by atoms with E-state index in [1.165, 1.54) is 0 Å². The van der Waals surface area contributed by atoms with Gasteiger partial charge >= 0.3 is 29.3 Å². The molecule has 0 aromatic rings. The minimum atomic E-state index is -4.67. The largest absolute Gasteiger partial charge is 0 e. The summed E-state index contributed by atoms with van der Waals surface area (Å²) in [5, 5.41) is 0. The summed E-state index contributed by atoms with van der Waals surface area (Å²) in [5.74, 6) is 0. The van der Waals surface area contributed by atoms with Gasteiger partial charge in [-0.2, -0.15) is 8.42 Å². The molecule has 0 amide bonds. The molecule has 0 aromatic heterocycles. The summed E-state index contributed by atoms with van der Waals surface area (Å²) < 4.78 is 31.6. The quantitative estimate of drug-likeness (QED) is 0.345. The third-order valence-electron chi connectivity index (χ3n) is 0. The molecule has 44 valence electrons. The molecule has 7 heavy (non-hydrogen) atoms. The van der Waals surface area contributed by atoms with Gasteiger partial charge in [-0.25, -0.2) is 0 Å². The van der Waals surface area contributed by atoms with Gasteiger partial charge in [0, 0.05) is 16.5 Å². The molecule has 0 saturated heterocycles. The van der Waals surface area contributed by atoms with Crippen molar-refractivity contribution >= 4 is 29.3 Å². The SMILES string of the molecule is O=S(=O)(O)O.[LiH].[Ni]. The Morgan fingerprint density at radius 2 is 1.14 bits per heavy atom. The molecule has 0 saturated carbocycles. The third-order valence-corrected chi connectivity index (χ3v) is 0. The topological polar surface area (TPSA) is 74.6 Å². The van der Waals surface area contributed by atoms with E-state index in [0.29, 0.717) is 0 Å². The van der Waals surface area contributed by atoms with Crippen molar-refractivity contribution in [3.8, 4) is 0 Å². The van der Waals surface area contributed by atoms with Gasteiger partial charge in [-0.15, -0.1) is 0 Å². The molecule has 0 rings (SSSR count). The van der Waals surface area contributed by atoms with E-state index < -0.39 is 10.4 Å². The van der Waals surface area contributed by atoms with Crippen LogP contribution in [0.1, 0.15) is 0 Å². The van der Waals surface area contributed by atoms with E-state index in [0.717, 1.165) is 0 Å². The van der Waals surface area contributed by atoms with E-state index in [2.05, 4.69) is 0 Å². The first-order valence-electron chi connectivity index (χ1n) is 0.698. The van der Waals surface area contributed by atoms with Crippen LogP contribution in [0, 0.1) is 0 Å². The van der Waals surface area contributed by atoms with Gasteiger partial charge in [-0.1, -0.05) is 0 Å². The van der Waals surface area contributed by atoms with Gasteiger partial charge in [0.25, 0.3) is 0 Å². The molecule has 2 N–H and O–H groups in total. The second-order valence-corrected chi connectivity index (χ2v) is 1.34. The van der Waals surface area contributed by atoms with Gasteiger partial charge in [-0.05, 0) is 0 Å². The van der Waals surface area contributed by atoms with Crippen molar-refractivity contribution in [2.45, 2.75) is 0 Å². The smallest absolute Gasteiger partial charge is 0 e. The first kappa shape index (κ1) is 15.7. The van der Waals surface area contributed by atoms with Gasteiger partial charge in [0.2, 0.25) is 0 Å². The molecule has 0 unspecified atom stereocenters. The molecular formula is H3LiNiO4S. The Hall–Kier alpha value is 0.961. The van der Waals surface area contributed by atoms with E-state index in [1.54, 1.807) is 0 Å². The van der Waals surface area contributed by atoms with Crippen molar-refractivity contribution in [3.63, 3.8) is 0 Å². The summed E-state index contributed by atoms with van der Waals surface area (Å²) in [5.41, 5.74) is 0. The number of hydrogen-bond donors (Lipinski definition) is 2. The molecule has 0 aromatic carbocycles. The van der Waals surface area contributed by atoms with E-state index in [1.807, 2.05) is 0 Å². The molecule has 0 bridgehead atoms. The summed E-state index contributed by atoms with van der Waals surface area (Å²) in [6.45, 7) is 0. The first-order chi connectivity index (χ1) is 2.00. The zero-order valence-electron chi connectivity index (χ0n) is 2.44. The van der Waals surface area contributed by atoms with Crippen LogP contribution >= 0.6 is 0 Å². The van der Waals surface area contributed by atoms with Crippen molar-refractivity contribution in [2.75, 3.05) is 0 Å². The molecule has 0 spiro atoms. The third kappa shape index (κ3) is 186. The zero-order valence-corrected chi connectivity index (χ0v) is 4.24. The van der Waals surface area contributed by atoms with E-state index in [-0.39, 0.29) is 35.4 Å². The van der Waals surface area contributed by atoms with Crippen molar-refractivity contribution in [2.24, 2.45) is 0 Å². The summed E-state index contributed by atoms with van der Waals surface area (Å²) >= 11 is 0. The molecule has 0 aliphatic rings. The number of rotatable bonds is 0. The monoisotopic (exact) mass is 164 g/mol. The van der Waals surface area contributed by atoms with E-state index in [9.17, 15) is 0 Å². The predicted molar refractivity (Wildman–Crippen MR) is 21.3 cm³/mol. The average molecular weight is 165 g/mol. The Morgan fingerprint density at radius 1 is 1.14 bits per heavy atom. The Kier molecular flexibility index (Phi) is 11.4. The molecule has 0 atom stereocenters. The minimum absolute atomic E-state index is 0. The maximum atomic E-state index is 8.74. The molecule has 0 heterocycles. The van der Waals surface area contributed by atoms with Crippen molar-refractivity contribution in [1.82, 2.24) is 0 Å². The molecule has 0 aliphatic carbocycles. The maximum Gasteiger partial charge on any atom is 0 e. The fraction of sp³-hybridized carbons (Fsp3) is 0. The Morgan fingerprint density at radius 3 is 1.14 bits per heavy atom. The van der Waals surface area contributed by atoms with Gasteiger partial charge < -0.3 is 0 Å². The van der Waals surface area contributed by atoms with E-state index >= 15 is 0 Å². The van der Waals surface area contributed by atoms with Crippen LogP contribution in [0.15, 0.2) is 0 Å². The fourth-order valence-electron chi connectivity index (χ4n) is 0. The zero-order chi connectivity index (χ0) is 4.50. The average Bonchev–Trinajstić information content (AvgIpc) is 0.722. The second-order valence-electron chi connectivity index (χ2n) is 0.448. The van der Waals surface area contributed by atoms with Crippen LogP contribution in [0.3, 0.4) is 0 Å². The van der Waals surface area contributed by atoms with Crippen molar-refractivity contribution in [3.05, 3.63) is 0 Å². The summed E-state index contributed by atoms with van der Waals surface area (Å²) in [6, 6.07) is 0. The minimum Gasteiger partial charge on any atom is 0 e. The van der Waals surface area contributed by atoms with Crippen LogP contribution in [-0.2, 0) is 26.9 Å². The van der Waals surface area contributed by atoms with E-state index in [4.69, 9.17) is 17.5 Å². The van der Waals surface area contributed by atoms with Crippen molar-refractivity contribution < 1.29 is 34.0 Å². The van der Waals surface area contributed by atoms with Gasteiger partial charge in [0.1, 0.15) is 0 Å². The molecular weight excluding hydrogens is 162 g/mol. The normalized spacial score (nSPS) is 8.29. The second kappa shape index (κ2) is 5.10. The molecule has 0 fully saturated rings. The van der Waals surface area contributed by atoms with Crippen LogP contribution in [0.25, 0.3) is 0 Å². The van der Waals surface area contributed by atoms with Crippen LogP contribution in [0.5, 0.6) is 0 Å². The Bertz CT molecular complexity index is 94.9. The molecule has 0 radical (unpaired) electrons. The Labute approximate surface area is 63.4 Å². The molecule has 4 nitrogen and oxygen atoms in total. The van der Waals surface area contributed by atoms with Crippen LogP contribution < -0.4 is 0 Å². The first-order valence-corrected chi connectivity index (χ1v) is 2.10. The van der Waals surface area contributed by atoms with Crippen LogP contribution in [0.2, 0.25) is 0 Å². The maximum absolute atomic E-state index is 8.74. The van der Waals surface area contributed by atoms with Gasteiger partial charge in [0.15, 0.2) is 0 Å². The molecule has 0 aliphatic heterocycles. The van der Waals surface area contributed by atoms with Crippen LogP contribution in [0.4, 0.5) is 0 Å². The van der Waals surface area contributed by atoms with Crippen LogP contribution in [-0.4, -0.2) is 36.4 Å². The van der Waals surface area contributed by atoms with Gasteiger partial charge in [-0.3, -0.25) is 9.11 Å². The summed E-state index contributed by atoms with van der Waals surface area (Å²) in [7, 11) is -4.67. The molecule has 7 heteroatoms.